The minimum atomic E-state index is -0.345. The van der Waals surface area contributed by atoms with Gasteiger partial charge in [0.25, 0.3) is 5.91 Å². The van der Waals surface area contributed by atoms with Gasteiger partial charge in [-0.2, -0.15) is 5.10 Å². The third kappa shape index (κ3) is 3.01. The summed E-state index contributed by atoms with van der Waals surface area (Å²) >= 11 is 3.31. The number of aromatic nitrogens is 1. The van der Waals surface area contributed by atoms with Gasteiger partial charge < -0.3 is 10.1 Å². The minimum absolute atomic E-state index is 0.0896. The molecule has 0 radical (unpaired) electrons. The molecule has 0 spiro atoms. The molecule has 2 aromatic carbocycles. The first kappa shape index (κ1) is 14.3. The molecule has 0 aliphatic heterocycles. The molecule has 110 valence electrons. The number of nitrogens with zero attached hydrogens (tertiary/aromatic N) is 1. The second-order valence-corrected chi connectivity index (χ2v) is 5.59. The lowest BCUT2D eigenvalue weighted by atomic mass is 10.2. The van der Waals surface area contributed by atoms with Crippen LogP contribution >= 0.6 is 15.9 Å². The molecule has 5 nitrogen and oxygen atoms in total. The molecule has 0 aliphatic rings. The molecular weight excluding hydrogens is 346 g/mol. The molecule has 22 heavy (non-hydrogen) atoms. The van der Waals surface area contributed by atoms with Gasteiger partial charge in [0.15, 0.2) is 0 Å². The molecule has 6 heteroatoms. The molecular formula is C16H12BrN3O2. The molecule has 3 aromatic rings. The van der Waals surface area contributed by atoms with E-state index in [1.807, 2.05) is 24.3 Å². The third-order valence-electron chi connectivity index (χ3n) is 3.13. The van der Waals surface area contributed by atoms with E-state index >= 15 is 0 Å². The number of hydrazone groups is 1. The Hall–Kier alpha value is -2.60. The Kier molecular flexibility index (Phi) is 3.93. The first-order valence-electron chi connectivity index (χ1n) is 6.53. The zero-order valence-corrected chi connectivity index (χ0v) is 13.0. The number of para-hydroxylation sites is 1. The smallest absolute Gasteiger partial charge is 0.287 e. The molecule has 3 rings (SSSR count). The number of carbonyl (C=O) groups is 1. The maximum atomic E-state index is 12.0. The second-order valence-electron chi connectivity index (χ2n) is 4.67. The van der Waals surface area contributed by atoms with E-state index in [-0.39, 0.29) is 11.7 Å². The molecule has 0 aliphatic carbocycles. The van der Waals surface area contributed by atoms with Crippen LogP contribution < -0.4 is 5.43 Å². The quantitative estimate of drug-likeness (QED) is 0.496. The topological polar surface area (TPSA) is 77.5 Å². The first-order chi connectivity index (χ1) is 10.6. The number of aromatic hydroxyl groups is 1. The van der Waals surface area contributed by atoms with Crippen LogP contribution in [0.1, 0.15) is 16.1 Å². The highest BCUT2D eigenvalue weighted by Gasteiger charge is 2.08. The lowest BCUT2D eigenvalue weighted by molar-refractivity contribution is 0.0951. The fraction of sp³-hybridized carbons (Fsp3) is 0. The number of halogens is 1. The van der Waals surface area contributed by atoms with Gasteiger partial charge >= 0.3 is 0 Å². The van der Waals surface area contributed by atoms with Gasteiger partial charge in [-0.25, -0.2) is 5.43 Å². The Labute approximate surface area is 134 Å². The molecule has 0 fully saturated rings. The minimum Gasteiger partial charge on any atom is -0.507 e. The molecule has 0 saturated carbocycles. The van der Waals surface area contributed by atoms with Crippen LogP contribution in [0.15, 0.2) is 58.1 Å². The first-order valence-corrected chi connectivity index (χ1v) is 7.32. The SMILES string of the molecule is O=C(NN=Cc1cc(Br)ccc1O)c1cc2ccccc2[nH]1. The average molecular weight is 358 g/mol. The largest absolute Gasteiger partial charge is 0.507 e. The molecule has 1 amide bonds. The van der Waals surface area contributed by atoms with Gasteiger partial charge in [-0.1, -0.05) is 34.1 Å². The summed E-state index contributed by atoms with van der Waals surface area (Å²) < 4.78 is 0.814. The monoisotopic (exact) mass is 357 g/mol. The van der Waals surface area contributed by atoms with E-state index in [0.29, 0.717) is 11.3 Å². The summed E-state index contributed by atoms with van der Waals surface area (Å²) in [6.45, 7) is 0. The van der Waals surface area contributed by atoms with E-state index in [1.165, 1.54) is 6.21 Å². The van der Waals surface area contributed by atoms with Crippen molar-refractivity contribution in [1.82, 2.24) is 10.4 Å². The number of amides is 1. The molecule has 1 heterocycles. The third-order valence-corrected chi connectivity index (χ3v) is 3.63. The number of benzene rings is 2. The average Bonchev–Trinajstić information content (AvgIpc) is 2.94. The van der Waals surface area contributed by atoms with E-state index < -0.39 is 0 Å². The molecule has 0 atom stereocenters. The number of hydrogen-bond acceptors (Lipinski definition) is 3. The van der Waals surface area contributed by atoms with E-state index in [4.69, 9.17) is 0 Å². The van der Waals surface area contributed by atoms with Crippen molar-refractivity contribution in [3.8, 4) is 5.75 Å². The van der Waals surface area contributed by atoms with Crippen LogP contribution in [0.25, 0.3) is 10.9 Å². The fourth-order valence-corrected chi connectivity index (χ4v) is 2.42. The Morgan fingerprint density at radius 2 is 2.05 bits per heavy atom. The highest BCUT2D eigenvalue weighted by atomic mass is 79.9. The summed E-state index contributed by atoms with van der Waals surface area (Å²) in [5.41, 5.74) is 4.25. The van der Waals surface area contributed by atoms with Crippen molar-refractivity contribution in [2.75, 3.05) is 0 Å². The Morgan fingerprint density at radius 1 is 1.23 bits per heavy atom. The van der Waals surface area contributed by atoms with Gasteiger partial charge in [-0.05, 0) is 30.3 Å². The highest BCUT2D eigenvalue weighted by molar-refractivity contribution is 9.10. The van der Waals surface area contributed by atoms with Crippen molar-refractivity contribution < 1.29 is 9.90 Å². The molecule has 0 bridgehead atoms. The number of nitrogens with one attached hydrogen (secondary N) is 2. The maximum absolute atomic E-state index is 12.0. The molecule has 3 N–H and O–H groups in total. The van der Waals surface area contributed by atoms with Crippen LogP contribution in [0.4, 0.5) is 0 Å². The fourth-order valence-electron chi connectivity index (χ4n) is 2.05. The van der Waals surface area contributed by atoms with Crippen molar-refractivity contribution in [2.24, 2.45) is 5.10 Å². The summed E-state index contributed by atoms with van der Waals surface area (Å²) in [4.78, 5) is 15.1. The number of carbonyl (C=O) groups excluding carboxylic acids is 1. The van der Waals surface area contributed by atoms with E-state index in [2.05, 4.69) is 31.4 Å². The predicted octanol–water partition coefficient (Wildman–Crippen LogP) is 3.40. The summed E-state index contributed by atoms with van der Waals surface area (Å²) in [6, 6.07) is 14.4. The number of H-pyrrole nitrogens is 1. The van der Waals surface area contributed by atoms with Crippen molar-refractivity contribution in [1.29, 1.82) is 0 Å². The molecule has 0 saturated heterocycles. The standard InChI is InChI=1S/C16H12BrN3O2/c17-12-5-6-15(21)11(7-12)9-18-20-16(22)14-8-10-3-1-2-4-13(10)19-14/h1-9,19,21H,(H,20,22). The van der Waals surface area contributed by atoms with Crippen molar-refractivity contribution in [3.63, 3.8) is 0 Å². The van der Waals surface area contributed by atoms with Gasteiger partial charge in [0, 0.05) is 20.9 Å². The Bertz CT molecular complexity index is 838. The number of fused-ring (bicyclic) bond motifs is 1. The van der Waals surface area contributed by atoms with Crippen LogP contribution in [0, 0.1) is 0 Å². The zero-order valence-electron chi connectivity index (χ0n) is 11.4. The van der Waals surface area contributed by atoms with Crippen molar-refractivity contribution in [3.05, 3.63) is 64.3 Å². The number of phenolic OH excluding ortho intramolecular Hbond substituents is 1. The van der Waals surface area contributed by atoms with Gasteiger partial charge in [0.2, 0.25) is 0 Å². The summed E-state index contributed by atoms with van der Waals surface area (Å²) in [7, 11) is 0. The van der Waals surface area contributed by atoms with Crippen LogP contribution in [0.5, 0.6) is 5.75 Å². The van der Waals surface area contributed by atoms with Crippen LogP contribution in [-0.4, -0.2) is 22.2 Å². The van der Waals surface area contributed by atoms with Crippen molar-refractivity contribution in [2.45, 2.75) is 0 Å². The van der Waals surface area contributed by atoms with E-state index in [0.717, 1.165) is 15.4 Å². The van der Waals surface area contributed by atoms with Crippen LogP contribution in [0.3, 0.4) is 0 Å². The van der Waals surface area contributed by atoms with Crippen LogP contribution in [0.2, 0.25) is 0 Å². The van der Waals surface area contributed by atoms with E-state index in [1.54, 1.807) is 24.3 Å². The number of rotatable bonds is 3. The van der Waals surface area contributed by atoms with Gasteiger partial charge in [0.1, 0.15) is 11.4 Å². The van der Waals surface area contributed by atoms with Crippen LogP contribution in [-0.2, 0) is 0 Å². The van der Waals surface area contributed by atoms with Gasteiger partial charge in [-0.15, -0.1) is 0 Å². The van der Waals surface area contributed by atoms with Crippen molar-refractivity contribution >= 4 is 39.0 Å². The normalized spacial score (nSPS) is 11.1. The van der Waals surface area contributed by atoms with Gasteiger partial charge in [-0.3, -0.25) is 4.79 Å². The lowest BCUT2D eigenvalue weighted by Gasteiger charge is -1.99. The predicted molar refractivity (Wildman–Crippen MR) is 89.2 cm³/mol. The maximum Gasteiger partial charge on any atom is 0.287 e. The number of hydrogen-bond donors (Lipinski definition) is 3. The lowest BCUT2D eigenvalue weighted by Crippen LogP contribution is -2.17. The molecule has 1 aromatic heterocycles. The Morgan fingerprint density at radius 3 is 2.86 bits per heavy atom. The van der Waals surface area contributed by atoms with Gasteiger partial charge in [0.05, 0.1) is 6.21 Å². The molecule has 0 unspecified atom stereocenters. The number of aromatic amines is 1. The van der Waals surface area contributed by atoms with E-state index in [9.17, 15) is 9.90 Å². The highest BCUT2D eigenvalue weighted by Crippen LogP contribution is 2.20. The summed E-state index contributed by atoms with van der Waals surface area (Å²) in [5, 5.41) is 14.5. The summed E-state index contributed by atoms with van der Waals surface area (Å²) in [5.74, 6) is -0.256. The Balaban J connectivity index is 1.74. The zero-order chi connectivity index (χ0) is 15.5. The second kappa shape index (κ2) is 6.03. The number of phenols is 1. The summed E-state index contributed by atoms with van der Waals surface area (Å²) in [6.07, 6.45) is 1.39.